The molecule has 0 saturated carbocycles. The lowest BCUT2D eigenvalue weighted by Gasteiger charge is -2.37. The topological polar surface area (TPSA) is 98.8 Å². The van der Waals surface area contributed by atoms with Gasteiger partial charge in [0.15, 0.2) is 0 Å². The Balaban J connectivity index is 1.72. The van der Waals surface area contributed by atoms with Crippen molar-refractivity contribution in [3.63, 3.8) is 0 Å². The van der Waals surface area contributed by atoms with Crippen molar-refractivity contribution in [2.45, 2.75) is 99.8 Å². The zero-order valence-electron chi connectivity index (χ0n) is 31.4. The number of hydrogen-bond donors (Lipinski definition) is 0. The number of rotatable bonds is 25. The molecule has 4 radical (unpaired) electrons. The molecule has 0 bridgehead atoms. The highest BCUT2D eigenvalue weighted by molar-refractivity contribution is 6.66. The fourth-order valence-corrected chi connectivity index (χ4v) is 12.2. The van der Waals surface area contributed by atoms with E-state index < -0.39 is 17.1 Å². The molecule has 0 amide bonds. The third-order valence-electron chi connectivity index (χ3n) is 9.05. The maximum atomic E-state index is 6.61. The van der Waals surface area contributed by atoms with Gasteiger partial charge in [-0.15, -0.1) is 0 Å². The Morgan fingerprint density at radius 1 is 0.625 bits per heavy atom. The molecule has 4 unspecified atom stereocenters. The number of hydrogen-bond acceptors (Lipinski definition) is 12. The monoisotopic (exact) mass is 752 g/mol. The second-order valence-corrected chi connectivity index (χ2v) is 22.6. The van der Waals surface area contributed by atoms with Crippen molar-refractivity contribution >= 4 is 36.2 Å². The van der Waals surface area contributed by atoms with Crippen LogP contribution in [0.25, 0.3) is 0 Å². The average molecular weight is 753 g/mol. The van der Waals surface area contributed by atoms with Crippen molar-refractivity contribution < 1.29 is 46.1 Å². The summed E-state index contributed by atoms with van der Waals surface area (Å²) in [6.45, 7) is 12.9. The summed E-state index contributed by atoms with van der Waals surface area (Å²) in [5.74, 6) is -0.183. The molecule has 0 aliphatic carbocycles. The molecule has 0 aromatic carbocycles. The van der Waals surface area contributed by atoms with Crippen molar-refractivity contribution in [3.8, 4) is 0 Å². The molecule has 0 spiro atoms. The first-order chi connectivity index (χ1) is 23.2. The van der Waals surface area contributed by atoms with Crippen molar-refractivity contribution in [1.82, 2.24) is 9.80 Å². The number of ether oxygens (including phenoxy) is 6. The molecule has 4 atom stereocenters. The van der Waals surface area contributed by atoms with Crippen LogP contribution in [-0.4, -0.2) is 178 Å². The largest absolute Gasteiger partial charge is 0.398 e. The molecule has 282 valence electrons. The van der Waals surface area contributed by atoms with E-state index in [0.717, 1.165) is 102 Å². The van der Waals surface area contributed by atoms with Gasteiger partial charge in [-0.05, 0) is 89.9 Å². The van der Waals surface area contributed by atoms with Gasteiger partial charge >= 0.3 is 17.1 Å². The van der Waals surface area contributed by atoms with Gasteiger partial charge in [-0.2, -0.15) is 0 Å². The zero-order valence-corrected chi connectivity index (χ0v) is 35.4. The zero-order chi connectivity index (χ0) is 35.1. The van der Waals surface area contributed by atoms with E-state index in [1.165, 1.54) is 0 Å². The molecule has 12 nitrogen and oxygen atoms in total. The van der Waals surface area contributed by atoms with Gasteiger partial charge < -0.3 is 55.9 Å². The van der Waals surface area contributed by atoms with E-state index in [4.69, 9.17) is 46.1 Å². The minimum Gasteiger partial charge on any atom is -0.398 e. The van der Waals surface area contributed by atoms with Gasteiger partial charge in [0.25, 0.3) is 0 Å². The maximum absolute atomic E-state index is 6.61. The molecular weight excluding hydrogens is 685 g/mol. The van der Waals surface area contributed by atoms with Crippen LogP contribution in [0.4, 0.5) is 0 Å². The normalized spacial score (nSPS) is 26.9. The molecule has 16 heteroatoms. The van der Waals surface area contributed by atoms with E-state index in [9.17, 15) is 0 Å². The lowest BCUT2D eigenvalue weighted by molar-refractivity contribution is -0.0443. The Morgan fingerprint density at radius 3 is 1.38 bits per heavy atom. The van der Waals surface area contributed by atoms with Gasteiger partial charge in [-0.1, -0.05) is 12.1 Å². The van der Waals surface area contributed by atoms with Crippen molar-refractivity contribution in [2.75, 3.05) is 108 Å². The highest BCUT2D eigenvalue weighted by atomic mass is 28.4. The molecule has 2 heterocycles. The van der Waals surface area contributed by atoms with E-state index in [1.54, 1.807) is 42.7 Å². The molecular formula is C32H68N2O10Si4. The van der Waals surface area contributed by atoms with E-state index in [1.807, 2.05) is 0 Å². The number of unbranched alkanes of at least 4 members (excludes halogenated alkanes) is 1. The first kappa shape index (κ1) is 44.5. The highest BCUT2D eigenvalue weighted by Gasteiger charge is 2.37. The summed E-state index contributed by atoms with van der Waals surface area (Å²) in [7, 11) is 7.35. The predicted octanol–water partition coefficient (Wildman–Crippen LogP) is 3.60. The van der Waals surface area contributed by atoms with Crippen molar-refractivity contribution in [1.29, 1.82) is 0 Å². The van der Waals surface area contributed by atoms with Gasteiger partial charge in [-0.3, -0.25) is 0 Å². The van der Waals surface area contributed by atoms with Crippen LogP contribution < -0.4 is 0 Å². The summed E-state index contributed by atoms with van der Waals surface area (Å²) in [6.07, 6.45) is 6.38. The fraction of sp³-hybridized carbons (Fsp3) is 1.00. The molecule has 2 aliphatic heterocycles. The Kier molecular flexibility index (Phi) is 24.3. The number of nitrogens with zero attached hydrogens (tertiary/aromatic N) is 2. The van der Waals surface area contributed by atoms with Crippen LogP contribution in [-0.2, 0) is 46.1 Å². The summed E-state index contributed by atoms with van der Waals surface area (Å²) < 4.78 is 58.8. The van der Waals surface area contributed by atoms with Crippen LogP contribution in [0.5, 0.6) is 0 Å². The molecule has 2 aliphatic rings. The standard InChI is InChI=1S/C32H68N2O10Si4/c1-35-31(36-2)45-21-11-15-33-17-13-23-47(7,39-5)43-29(25-33)27-41-19-9-10-20-42-28-30-26-34(16-12-22-46-32(37-3)38-4)18-14-24-48(8,40-6)44-30/h29-32H,9-28H2,1-8H3. The van der Waals surface area contributed by atoms with E-state index in [-0.39, 0.29) is 24.0 Å². The van der Waals surface area contributed by atoms with E-state index >= 15 is 0 Å². The summed E-state index contributed by atoms with van der Waals surface area (Å²) in [5.41, 5.74) is 0. The Hall–Kier alpha value is 0.388. The van der Waals surface area contributed by atoms with Crippen molar-refractivity contribution in [3.05, 3.63) is 0 Å². The van der Waals surface area contributed by atoms with Crippen LogP contribution in [0, 0.1) is 0 Å². The Bertz CT molecular complexity index is 733. The second kappa shape index (κ2) is 26.2. The van der Waals surface area contributed by atoms with Crippen LogP contribution in [0.1, 0.15) is 38.5 Å². The van der Waals surface area contributed by atoms with Crippen LogP contribution in [0.15, 0.2) is 0 Å². The Labute approximate surface area is 299 Å². The van der Waals surface area contributed by atoms with Gasteiger partial charge in [0.2, 0.25) is 0 Å². The lowest BCUT2D eigenvalue weighted by Crippen LogP contribution is -2.50. The van der Waals surface area contributed by atoms with Crippen molar-refractivity contribution in [2.24, 2.45) is 0 Å². The lowest BCUT2D eigenvalue weighted by atomic mass is 10.3. The molecule has 0 aromatic rings. The van der Waals surface area contributed by atoms with E-state index in [0.29, 0.717) is 45.5 Å². The first-order valence-electron chi connectivity index (χ1n) is 17.9. The molecule has 48 heavy (non-hydrogen) atoms. The van der Waals surface area contributed by atoms with Crippen LogP contribution in [0.2, 0.25) is 37.3 Å². The average Bonchev–Trinajstić information content (AvgIpc) is 3.07. The SMILES string of the molecule is COC(OC)[Si]CCCN1CCC[Si](C)(OC)OC(COCCCCOCC2CN(CCC[Si]C(OC)OC)CCC[Si](C)(OC)O2)C1. The maximum Gasteiger partial charge on any atom is 0.335 e. The molecule has 2 fully saturated rings. The summed E-state index contributed by atoms with van der Waals surface area (Å²) in [5, 5.41) is 0. The third kappa shape index (κ3) is 18.8. The highest BCUT2D eigenvalue weighted by Crippen LogP contribution is 2.23. The molecule has 2 saturated heterocycles. The van der Waals surface area contributed by atoms with E-state index in [2.05, 4.69) is 22.9 Å². The fourth-order valence-electron chi connectivity index (χ4n) is 6.19. The molecule has 0 aromatic heterocycles. The molecule has 2 rings (SSSR count). The van der Waals surface area contributed by atoms with Gasteiger partial charge in [-0.25, -0.2) is 0 Å². The summed E-state index contributed by atoms with van der Waals surface area (Å²) >= 11 is 0. The third-order valence-corrected chi connectivity index (χ3v) is 17.9. The summed E-state index contributed by atoms with van der Waals surface area (Å²) in [4.78, 5) is 5.05. The van der Waals surface area contributed by atoms with Gasteiger partial charge in [0.05, 0.1) is 25.4 Å². The van der Waals surface area contributed by atoms with Crippen LogP contribution >= 0.6 is 0 Å². The predicted molar refractivity (Wildman–Crippen MR) is 196 cm³/mol. The number of methoxy groups -OCH3 is 4. The van der Waals surface area contributed by atoms with Gasteiger partial charge in [0.1, 0.15) is 30.9 Å². The first-order valence-corrected chi connectivity index (χ1v) is 25.5. The summed E-state index contributed by atoms with van der Waals surface area (Å²) in [6, 6.07) is 4.20. The second-order valence-electron chi connectivity index (χ2n) is 13.0. The smallest absolute Gasteiger partial charge is 0.335 e. The van der Waals surface area contributed by atoms with Gasteiger partial charge in [0, 0.05) is 69.0 Å². The minimum absolute atomic E-state index is 0.0202. The quantitative estimate of drug-likeness (QED) is 0.0775. The Morgan fingerprint density at radius 2 is 1.02 bits per heavy atom. The van der Waals surface area contributed by atoms with Crippen LogP contribution in [0.3, 0.4) is 0 Å². The minimum atomic E-state index is -2.18. The molecule has 0 N–H and O–H groups in total.